The molecule has 0 saturated carbocycles. The Morgan fingerprint density at radius 3 is 2.76 bits per heavy atom. The van der Waals surface area contributed by atoms with Crippen LogP contribution in [-0.2, 0) is 6.18 Å². The lowest BCUT2D eigenvalue weighted by molar-refractivity contribution is -0.136. The summed E-state index contributed by atoms with van der Waals surface area (Å²) < 4.78 is 45.7. The second-order valence-corrected chi connectivity index (χ2v) is 6.66. The fourth-order valence-electron chi connectivity index (χ4n) is 2.58. The molecule has 4 aromatic rings. The van der Waals surface area contributed by atoms with Crippen molar-refractivity contribution in [1.29, 1.82) is 0 Å². The van der Waals surface area contributed by atoms with Gasteiger partial charge in [-0.2, -0.15) is 13.2 Å². The first-order valence-corrected chi connectivity index (χ1v) is 8.96. The summed E-state index contributed by atoms with van der Waals surface area (Å²) in [6, 6.07) is 2.65. The lowest BCUT2D eigenvalue weighted by Crippen LogP contribution is -2.26. The van der Waals surface area contributed by atoms with Crippen LogP contribution in [0, 0.1) is 6.92 Å². The number of ether oxygens (including phenoxy) is 1. The number of hydrogen-bond acceptors (Lipinski definition) is 7. The highest BCUT2D eigenvalue weighted by Gasteiger charge is 2.35. The molecule has 0 unspecified atom stereocenters. The Kier molecular flexibility index (Phi) is 4.62. The number of hydrogen-bond donors (Lipinski definition) is 1. The maximum atomic E-state index is 13.2. The molecule has 0 radical (unpaired) electrons. The van der Waals surface area contributed by atoms with E-state index in [0.29, 0.717) is 16.5 Å². The molecule has 12 heteroatoms. The maximum absolute atomic E-state index is 13.2. The third kappa shape index (κ3) is 3.74. The van der Waals surface area contributed by atoms with Crippen LogP contribution in [0.25, 0.3) is 21.9 Å². The van der Waals surface area contributed by atoms with Gasteiger partial charge in [-0.3, -0.25) is 0 Å². The number of aryl methyl sites for hydroxylation is 1. The first-order valence-electron chi connectivity index (χ1n) is 8.08. The Labute approximate surface area is 165 Å². The SMILES string of the molecule is Cc1nc(-c2nccs2)ncc1OC(=O)Nn1cc(C(F)(F)F)c2cccnc21. The van der Waals surface area contributed by atoms with Crippen LogP contribution in [-0.4, -0.2) is 30.7 Å². The molecule has 0 atom stereocenters. The standard InChI is InChI=1S/C17H11F3N6O2S/c1-9-12(7-23-13(24-9)15-22-5-6-29-15)28-16(27)25-26-8-11(17(18,19)20)10-3-2-4-21-14(10)26/h2-8H,1H3,(H,25,27). The zero-order chi connectivity index (χ0) is 20.6. The van der Waals surface area contributed by atoms with E-state index >= 15 is 0 Å². The van der Waals surface area contributed by atoms with Crippen molar-refractivity contribution in [2.45, 2.75) is 13.1 Å². The molecule has 8 nitrogen and oxygen atoms in total. The number of alkyl halides is 3. The van der Waals surface area contributed by atoms with Crippen LogP contribution in [0.3, 0.4) is 0 Å². The highest BCUT2D eigenvalue weighted by molar-refractivity contribution is 7.12. The van der Waals surface area contributed by atoms with Crippen molar-refractivity contribution in [2.24, 2.45) is 0 Å². The van der Waals surface area contributed by atoms with Gasteiger partial charge in [-0.1, -0.05) is 0 Å². The Bertz CT molecular complexity index is 1190. The Morgan fingerprint density at radius 1 is 1.24 bits per heavy atom. The van der Waals surface area contributed by atoms with Crippen LogP contribution in [0.4, 0.5) is 18.0 Å². The molecule has 29 heavy (non-hydrogen) atoms. The molecule has 148 valence electrons. The van der Waals surface area contributed by atoms with E-state index < -0.39 is 17.8 Å². The number of nitrogens with zero attached hydrogens (tertiary/aromatic N) is 5. The lowest BCUT2D eigenvalue weighted by Gasteiger charge is -2.09. The monoisotopic (exact) mass is 420 g/mol. The Morgan fingerprint density at radius 2 is 2.07 bits per heavy atom. The average molecular weight is 420 g/mol. The molecule has 0 bridgehead atoms. The number of fused-ring (bicyclic) bond motifs is 1. The van der Waals surface area contributed by atoms with E-state index in [4.69, 9.17) is 4.74 Å². The summed E-state index contributed by atoms with van der Waals surface area (Å²) in [5, 5.41) is 2.23. The van der Waals surface area contributed by atoms with Crippen LogP contribution in [0.15, 0.2) is 42.3 Å². The summed E-state index contributed by atoms with van der Waals surface area (Å²) in [7, 11) is 0. The summed E-state index contributed by atoms with van der Waals surface area (Å²) in [5.41, 5.74) is 1.60. The molecule has 1 N–H and O–H groups in total. The summed E-state index contributed by atoms with van der Waals surface area (Å²) in [6.07, 6.45) is -0.647. The highest BCUT2D eigenvalue weighted by atomic mass is 32.1. The van der Waals surface area contributed by atoms with Crippen molar-refractivity contribution < 1.29 is 22.7 Å². The van der Waals surface area contributed by atoms with Crippen molar-refractivity contribution in [3.05, 3.63) is 53.6 Å². The number of carbonyl (C=O) groups is 1. The van der Waals surface area contributed by atoms with Crippen molar-refractivity contribution in [3.63, 3.8) is 0 Å². The van der Waals surface area contributed by atoms with E-state index in [-0.39, 0.29) is 16.8 Å². The second kappa shape index (κ2) is 7.13. The van der Waals surface area contributed by atoms with Gasteiger partial charge in [0.25, 0.3) is 0 Å². The van der Waals surface area contributed by atoms with Crippen LogP contribution < -0.4 is 10.2 Å². The van der Waals surface area contributed by atoms with Crippen LogP contribution >= 0.6 is 11.3 Å². The molecule has 0 saturated heterocycles. The fraction of sp³-hybridized carbons (Fsp3) is 0.118. The van der Waals surface area contributed by atoms with Crippen molar-refractivity contribution >= 4 is 28.5 Å². The van der Waals surface area contributed by atoms with Crippen LogP contribution in [0.5, 0.6) is 5.75 Å². The number of amides is 1. The molecule has 0 aliphatic heterocycles. The minimum atomic E-state index is -4.60. The van der Waals surface area contributed by atoms with Gasteiger partial charge in [-0.15, -0.1) is 11.3 Å². The van der Waals surface area contributed by atoms with Crippen molar-refractivity contribution in [3.8, 4) is 16.6 Å². The zero-order valence-corrected chi connectivity index (χ0v) is 15.5. The highest BCUT2D eigenvalue weighted by Crippen LogP contribution is 2.35. The maximum Gasteiger partial charge on any atom is 0.432 e. The normalized spacial score (nSPS) is 11.6. The van der Waals surface area contributed by atoms with Gasteiger partial charge in [0.1, 0.15) is 0 Å². The summed E-state index contributed by atoms with van der Waals surface area (Å²) >= 11 is 1.35. The summed E-state index contributed by atoms with van der Waals surface area (Å²) in [4.78, 5) is 28.5. The number of nitrogens with one attached hydrogen (secondary N) is 1. The second-order valence-electron chi connectivity index (χ2n) is 5.77. The third-order valence-electron chi connectivity index (χ3n) is 3.84. The van der Waals surface area contributed by atoms with E-state index in [9.17, 15) is 18.0 Å². The van der Waals surface area contributed by atoms with Gasteiger partial charge in [-0.25, -0.2) is 34.8 Å². The van der Waals surface area contributed by atoms with Crippen LogP contribution in [0.1, 0.15) is 11.3 Å². The van der Waals surface area contributed by atoms with Gasteiger partial charge in [0.05, 0.1) is 17.5 Å². The Balaban J connectivity index is 1.56. The molecule has 0 spiro atoms. The Hall–Kier alpha value is -3.54. The molecule has 4 rings (SSSR count). The van der Waals surface area contributed by atoms with Gasteiger partial charge >= 0.3 is 12.3 Å². The van der Waals surface area contributed by atoms with Crippen LogP contribution in [0.2, 0.25) is 0 Å². The van der Waals surface area contributed by atoms with Crippen molar-refractivity contribution in [1.82, 2.24) is 24.6 Å². The lowest BCUT2D eigenvalue weighted by atomic mass is 10.2. The van der Waals surface area contributed by atoms with E-state index in [0.717, 1.165) is 10.9 Å². The minimum absolute atomic E-state index is 0.0586. The first kappa shape index (κ1) is 18.8. The van der Waals surface area contributed by atoms with Gasteiger partial charge in [-0.05, 0) is 19.1 Å². The smallest absolute Gasteiger partial charge is 0.406 e. The number of pyridine rings is 1. The third-order valence-corrected chi connectivity index (χ3v) is 4.61. The van der Waals surface area contributed by atoms with Gasteiger partial charge in [0.2, 0.25) is 0 Å². The zero-order valence-electron chi connectivity index (χ0n) is 14.6. The van der Waals surface area contributed by atoms with Gasteiger partial charge < -0.3 is 4.74 Å². The van der Waals surface area contributed by atoms with E-state index in [2.05, 4.69) is 25.4 Å². The largest absolute Gasteiger partial charge is 0.432 e. The summed E-state index contributed by atoms with van der Waals surface area (Å²) in [5.74, 6) is 0.434. The molecular formula is C17H11F3N6O2S. The van der Waals surface area contributed by atoms with E-state index in [1.165, 1.54) is 35.9 Å². The molecule has 1 amide bonds. The van der Waals surface area contributed by atoms with E-state index in [1.54, 1.807) is 18.5 Å². The average Bonchev–Trinajstić information content (AvgIpc) is 3.32. The van der Waals surface area contributed by atoms with Gasteiger partial charge in [0, 0.05) is 29.4 Å². The number of halogens is 3. The molecule has 0 aliphatic carbocycles. The van der Waals surface area contributed by atoms with E-state index in [1.807, 2.05) is 0 Å². The quantitative estimate of drug-likeness (QED) is 0.538. The number of rotatable bonds is 3. The molecule has 4 heterocycles. The number of carbonyl (C=O) groups excluding carboxylic acids is 1. The molecule has 4 aromatic heterocycles. The van der Waals surface area contributed by atoms with Crippen molar-refractivity contribution in [2.75, 3.05) is 5.43 Å². The number of thiazole rings is 1. The first-order chi connectivity index (χ1) is 13.8. The van der Waals surface area contributed by atoms with Gasteiger partial charge in [0.15, 0.2) is 22.2 Å². The topological polar surface area (TPSA) is 94.8 Å². The minimum Gasteiger partial charge on any atom is -0.406 e. The predicted molar refractivity (Wildman–Crippen MR) is 98.0 cm³/mol. The molecular weight excluding hydrogens is 409 g/mol. The molecule has 0 aliphatic rings. The number of aromatic nitrogens is 5. The summed E-state index contributed by atoms with van der Waals surface area (Å²) in [6.45, 7) is 1.61. The molecule has 0 aromatic carbocycles. The predicted octanol–water partition coefficient (Wildman–Crippen LogP) is 4.02. The fourth-order valence-corrected chi connectivity index (χ4v) is 3.16. The molecule has 0 fully saturated rings.